The van der Waals surface area contributed by atoms with E-state index in [-0.39, 0.29) is 0 Å². The molecule has 16 heavy (non-hydrogen) atoms. The SMILES string of the molecule is CCCSc1cc[n+]([O-])c2c1CCCCC2. The predicted molar refractivity (Wildman–Crippen MR) is 67.7 cm³/mol. The molecule has 0 saturated heterocycles. The van der Waals surface area contributed by atoms with Gasteiger partial charge in [0.15, 0.2) is 11.9 Å². The van der Waals surface area contributed by atoms with Crippen LogP contribution in [0.25, 0.3) is 0 Å². The van der Waals surface area contributed by atoms with E-state index in [4.69, 9.17) is 0 Å². The molecule has 0 fully saturated rings. The van der Waals surface area contributed by atoms with Gasteiger partial charge in [-0.05, 0) is 31.4 Å². The van der Waals surface area contributed by atoms with Gasteiger partial charge in [0.2, 0.25) is 0 Å². The maximum Gasteiger partial charge on any atom is 0.197 e. The number of aromatic nitrogens is 1. The first-order valence-corrected chi connectivity index (χ1v) is 7.18. The van der Waals surface area contributed by atoms with Crippen molar-refractivity contribution in [2.75, 3.05) is 5.75 Å². The molecule has 3 heteroatoms. The van der Waals surface area contributed by atoms with Crippen molar-refractivity contribution < 1.29 is 4.73 Å². The number of rotatable bonds is 3. The zero-order chi connectivity index (χ0) is 11.4. The fraction of sp³-hybridized carbons (Fsp3) is 0.615. The summed E-state index contributed by atoms with van der Waals surface area (Å²) in [6.45, 7) is 2.20. The second-order valence-electron chi connectivity index (χ2n) is 4.34. The second-order valence-corrected chi connectivity index (χ2v) is 5.48. The standard InChI is InChI=1S/C13H19NOS/c1-2-10-16-13-8-9-14(15)12-7-5-3-4-6-11(12)13/h8-9H,2-7,10H2,1H3. The summed E-state index contributed by atoms with van der Waals surface area (Å²) in [5.41, 5.74) is 2.35. The van der Waals surface area contributed by atoms with Crippen LogP contribution in [0.15, 0.2) is 17.2 Å². The van der Waals surface area contributed by atoms with Gasteiger partial charge in [-0.1, -0.05) is 13.3 Å². The van der Waals surface area contributed by atoms with Gasteiger partial charge >= 0.3 is 0 Å². The van der Waals surface area contributed by atoms with Crippen molar-refractivity contribution >= 4 is 11.8 Å². The first kappa shape index (κ1) is 11.8. The molecule has 1 heterocycles. The number of nitrogens with zero attached hydrogens (tertiary/aromatic N) is 1. The molecular weight excluding hydrogens is 218 g/mol. The van der Waals surface area contributed by atoms with E-state index < -0.39 is 0 Å². The summed E-state index contributed by atoms with van der Waals surface area (Å²) < 4.78 is 1.08. The normalized spacial score (nSPS) is 15.6. The van der Waals surface area contributed by atoms with Crippen LogP contribution in [0.4, 0.5) is 0 Å². The third-order valence-corrected chi connectivity index (χ3v) is 4.38. The molecule has 1 aliphatic carbocycles. The quantitative estimate of drug-likeness (QED) is 0.349. The van der Waals surface area contributed by atoms with Crippen molar-refractivity contribution in [2.24, 2.45) is 0 Å². The molecule has 0 spiro atoms. The molecule has 2 nitrogen and oxygen atoms in total. The van der Waals surface area contributed by atoms with E-state index in [0.717, 1.165) is 35.4 Å². The average Bonchev–Trinajstić information content (AvgIpc) is 2.54. The van der Waals surface area contributed by atoms with Crippen molar-refractivity contribution in [2.45, 2.75) is 50.3 Å². The van der Waals surface area contributed by atoms with Gasteiger partial charge < -0.3 is 5.21 Å². The third kappa shape index (κ3) is 2.51. The van der Waals surface area contributed by atoms with Crippen LogP contribution >= 0.6 is 11.8 Å². The summed E-state index contributed by atoms with van der Waals surface area (Å²) in [4.78, 5) is 1.34. The predicted octanol–water partition coefficient (Wildman–Crippen LogP) is 3.09. The summed E-state index contributed by atoms with van der Waals surface area (Å²) >= 11 is 1.90. The van der Waals surface area contributed by atoms with Crippen LogP contribution < -0.4 is 4.73 Å². The van der Waals surface area contributed by atoms with E-state index in [1.807, 2.05) is 17.8 Å². The van der Waals surface area contributed by atoms with E-state index in [0.29, 0.717) is 0 Å². The van der Waals surface area contributed by atoms with E-state index in [2.05, 4.69) is 6.92 Å². The van der Waals surface area contributed by atoms with E-state index in [1.165, 1.54) is 29.7 Å². The summed E-state index contributed by atoms with van der Waals surface area (Å²) in [6.07, 6.45) is 8.57. The fourth-order valence-electron chi connectivity index (χ4n) is 2.25. The van der Waals surface area contributed by atoms with Crippen LogP contribution in [0.2, 0.25) is 0 Å². The molecule has 1 aliphatic rings. The fourth-order valence-corrected chi connectivity index (χ4v) is 3.22. The van der Waals surface area contributed by atoms with Gasteiger partial charge in [-0.3, -0.25) is 0 Å². The molecule has 2 rings (SSSR count). The lowest BCUT2D eigenvalue weighted by Crippen LogP contribution is -2.32. The largest absolute Gasteiger partial charge is 0.618 e. The Morgan fingerprint density at radius 2 is 2.12 bits per heavy atom. The van der Waals surface area contributed by atoms with E-state index >= 15 is 0 Å². The number of thioether (sulfide) groups is 1. The smallest absolute Gasteiger partial charge is 0.197 e. The van der Waals surface area contributed by atoms with Crippen LogP contribution in [-0.2, 0) is 12.8 Å². The number of pyridine rings is 1. The Balaban J connectivity index is 2.31. The minimum absolute atomic E-state index is 0.958. The highest BCUT2D eigenvalue weighted by atomic mass is 32.2. The van der Waals surface area contributed by atoms with Gasteiger partial charge in [0, 0.05) is 22.9 Å². The molecule has 88 valence electrons. The van der Waals surface area contributed by atoms with Gasteiger partial charge in [-0.2, -0.15) is 4.73 Å². The first-order valence-electron chi connectivity index (χ1n) is 6.19. The van der Waals surface area contributed by atoms with Crippen LogP contribution in [0.5, 0.6) is 0 Å². The van der Waals surface area contributed by atoms with Crippen LogP contribution in [0.1, 0.15) is 43.9 Å². The molecule has 0 amide bonds. The van der Waals surface area contributed by atoms with Gasteiger partial charge in [-0.15, -0.1) is 11.8 Å². The van der Waals surface area contributed by atoms with Gasteiger partial charge in [0.1, 0.15) is 0 Å². The molecule has 0 bridgehead atoms. The highest BCUT2D eigenvalue weighted by Gasteiger charge is 2.19. The van der Waals surface area contributed by atoms with Gasteiger partial charge in [-0.25, -0.2) is 0 Å². The lowest BCUT2D eigenvalue weighted by molar-refractivity contribution is -0.614. The van der Waals surface area contributed by atoms with Gasteiger partial charge in [0.05, 0.1) is 0 Å². The van der Waals surface area contributed by atoms with Gasteiger partial charge in [0.25, 0.3) is 0 Å². The molecule has 0 aliphatic heterocycles. The zero-order valence-electron chi connectivity index (χ0n) is 9.87. The summed E-state index contributed by atoms with van der Waals surface area (Å²) in [5, 5.41) is 11.8. The van der Waals surface area contributed by atoms with Crippen LogP contribution in [0.3, 0.4) is 0 Å². The Labute approximate surface area is 102 Å². The number of hydrogen-bond acceptors (Lipinski definition) is 2. The molecule has 0 unspecified atom stereocenters. The maximum absolute atomic E-state index is 11.8. The summed E-state index contributed by atoms with van der Waals surface area (Å²) in [5.74, 6) is 1.15. The molecule has 0 aromatic carbocycles. The Bertz CT molecular complexity index is 365. The van der Waals surface area contributed by atoms with Crippen molar-refractivity contribution in [1.29, 1.82) is 0 Å². The topological polar surface area (TPSA) is 26.9 Å². The van der Waals surface area contributed by atoms with Crippen molar-refractivity contribution in [3.05, 3.63) is 28.7 Å². The van der Waals surface area contributed by atoms with Crippen LogP contribution in [0, 0.1) is 5.21 Å². The maximum atomic E-state index is 11.8. The summed E-state index contributed by atoms with van der Waals surface area (Å²) in [7, 11) is 0. The molecule has 0 atom stereocenters. The van der Waals surface area contributed by atoms with E-state index in [1.54, 1.807) is 6.20 Å². The highest BCUT2D eigenvalue weighted by Crippen LogP contribution is 2.28. The lowest BCUT2D eigenvalue weighted by Gasteiger charge is -2.11. The minimum Gasteiger partial charge on any atom is -0.618 e. The second kappa shape index (κ2) is 5.58. The Kier molecular flexibility index (Phi) is 4.10. The Hall–Kier alpha value is -0.700. The Morgan fingerprint density at radius 1 is 1.31 bits per heavy atom. The summed E-state index contributed by atoms with van der Waals surface area (Å²) in [6, 6.07) is 2.00. The molecule has 0 N–H and O–H groups in total. The van der Waals surface area contributed by atoms with E-state index in [9.17, 15) is 5.21 Å². The lowest BCUT2D eigenvalue weighted by atomic mass is 10.1. The number of hydrogen-bond donors (Lipinski definition) is 0. The van der Waals surface area contributed by atoms with Crippen LogP contribution in [-0.4, -0.2) is 5.75 Å². The average molecular weight is 237 g/mol. The highest BCUT2D eigenvalue weighted by molar-refractivity contribution is 7.99. The molecular formula is C13H19NOS. The number of fused-ring (bicyclic) bond motifs is 1. The Morgan fingerprint density at radius 3 is 2.94 bits per heavy atom. The monoisotopic (exact) mass is 237 g/mol. The molecule has 0 saturated carbocycles. The van der Waals surface area contributed by atoms with Crippen molar-refractivity contribution in [1.82, 2.24) is 0 Å². The third-order valence-electron chi connectivity index (χ3n) is 3.08. The molecule has 1 aromatic heterocycles. The molecule has 1 aromatic rings. The first-order chi connectivity index (χ1) is 7.83. The van der Waals surface area contributed by atoms with Crippen molar-refractivity contribution in [3.8, 4) is 0 Å². The zero-order valence-corrected chi connectivity index (χ0v) is 10.7. The molecule has 0 radical (unpaired) electrons. The van der Waals surface area contributed by atoms with Crippen molar-refractivity contribution in [3.63, 3.8) is 0 Å². The minimum atomic E-state index is 0.958.